The number of fused-ring (bicyclic) bond motifs is 1. The number of nitrogens with zero attached hydrogens (tertiary/aromatic N) is 6. The smallest absolute Gasteiger partial charge is 0.141 e. The highest BCUT2D eigenvalue weighted by Crippen LogP contribution is 2.37. The molecule has 41 heavy (non-hydrogen) atoms. The molecular formula is C28H23Cl2FN8O2. The van der Waals surface area contributed by atoms with Gasteiger partial charge >= 0.3 is 0 Å². The Morgan fingerprint density at radius 2 is 1.95 bits per heavy atom. The Kier molecular flexibility index (Phi) is 8.86. The molecular weight excluding hydrogens is 570 g/mol. The SMILES string of the molecule is N#Cc1cnc2c(Cl)cc(N[C@@H](c3cccnc3)c3cn(CCOCCO)nn3)cc2c1Nc1ccc(F)c(Cl)c1. The van der Waals surface area contributed by atoms with Crippen LogP contribution in [0.2, 0.25) is 10.0 Å². The van der Waals surface area contributed by atoms with Crippen LogP contribution in [0.1, 0.15) is 22.9 Å². The van der Waals surface area contributed by atoms with E-state index in [4.69, 9.17) is 33.0 Å². The van der Waals surface area contributed by atoms with Crippen LogP contribution in [0.15, 0.2) is 67.3 Å². The first-order chi connectivity index (χ1) is 20.0. The highest BCUT2D eigenvalue weighted by Gasteiger charge is 2.20. The third kappa shape index (κ3) is 6.53. The van der Waals surface area contributed by atoms with E-state index in [1.807, 2.05) is 18.2 Å². The molecule has 3 aromatic heterocycles. The molecule has 0 saturated carbocycles. The number of halogens is 3. The number of hydrogen-bond acceptors (Lipinski definition) is 9. The summed E-state index contributed by atoms with van der Waals surface area (Å²) in [6.45, 7) is 1.03. The van der Waals surface area contributed by atoms with Crippen molar-refractivity contribution in [2.45, 2.75) is 12.6 Å². The maximum atomic E-state index is 13.8. The minimum Gasteiger partial charge on any atom is -0.394 e. The van der Waals surface area contributed by atoms with Gasteiger partial charge in [0.2, 0.25) is 0 Å². The number of hydrogen-bond donors (Lipinski definition) is 3. The average Bonchev–Trinajstić information content (AvgIpc) is 3.45. The fourth-order valence-corrected chi connectivity index (χ4v) is 4.65. The van der Waals surface area contributed by atoms with Gasteiger partial charge in [0.15, 0.2) is 0 Å². The van der Waals surface area contributed by atoms with Crippen molar-refractivity contribution in [1.29, 1.82) is 5.26 Å². The van der Waals surface area contributed by atoms with E-state index in [1.165, 1.54) is 24.4 Å². The van der Waals surface area contributed by atoms with E-state index in [2.05, 4.69) is 37.0 Å². The summed E-state index contributed by atoms with van der Waals surface area (Å²) in [7, 11) is 0. The van der Waals surface area contributed by atoms with Gasteiger partial charge in [-0.1, -0.05) is 34.5 Å². The van der Waals surface area contributed by atoms with E-state index in [9.17, 15) is 9.65 Å². The Balaban J connectivity index is 1.52. The van der Waals surface area contributed by atoms with Crippen LogP contribution in [0.4, 0.5) is 21.5 Å². The second-order valence-corrected chi connectivity index (χ2v) is 9.69. The Morgan fingerprint density at radius 3 is 2.71 bits per heavy atom. The number of nitriles is 1. The molecule has 5 rings (SSSR count). The van der Waals surface area contributed by atoms with Crippen molar-refractivity contribution in [3.63, 3.8) is 0 Å². The van der Waals surface area contributed by atoms with Crippen LogP contribution in [0, 0.1) is 17.1 Å². The summed E-state index contributed by atoms with van der Waals surface area (Å²) >= 11 is 12.7. The van der Waals surface area contributed by atoms with Gasteiger partial charge in [-0.15, -0.1) is 5.10 Å². The van der Waals surface area contributed by atoms with Crippen molar-refractivity contribution in [1.82, 2.24) is 25.0 Å². The molecule has 2 aromatic carbocycles. The quantitative estimate of drug-likeness (QED) is 0.170. The molecule has 0 radical (unpaired) electrons. The van der Waals surface area contributed by atoms with Gasteiger partial charge in [0.1, 0.15) is 17.6 Å². The summed E-state index contributed by atoms with van der Waals surface area (Å²) < 4.78 is 20.8. The van der Waals surface area contributed by atoms with Crippen molar-refractivity contribution < 1.29 is 14.2 Å². The summed E-state index contributed by atoms with van der Waals surface area (Å²) in [5.41, 5.74) is 3.74. The lowest BCUT2D eigenvalue weighted by atomic mass is 10.0. The topological polar surface area (TPSA) is 134 Å². The third-order valence-corrected chi connectivity index (χ3v) is 6.69. The standard InChI is InChI=1S/C28H23Cl2FN8O2/c29-22-11-19(3-4-24(22)31)35-26-18(13-32)15-34-28-21(26)10-20(12-23(28)30)36-27(17-2-1-5-33-14-17)25-16-39(38-37-25)6-8-41-9-7-40/h1-5,10-12,14-16,27,36,40H,6-9H2,(H,34,35)/t27-/m0/s1. The van der Waals surface area contributed by atoms with Gasteiger partial charge in [0.05, 0.1) is 65.4 Å². The molecule has 3 N–H and O–H groups in total. The van der Waals surface area contributed by atoms with Crippen molar-refractivity contribution in [3.8, 4) is 6.07 Å². The van der Waals surface area contributed by atoms with Crippen LogP contribution in [0.3, 0.4) is 0 Å². The summed E-state index contributed by atoms with van der Waals surface area (Å²) in [6.07, 6.45) is 6.63. The molecule has 5 aromatic rings. The van der Waals surface area contributed by atoms with Crippen LogP contribution in [-0.2, 0) is 11.3 Å². The van der Waals surface area contributed by atoms with Gasteiger partial charge in [0, 0.05) is 35.4 Å². The Hall–Kier alpha value is -4.34. The summed E-state index contributed by atoms with van der Waals surface area (Å²) in [4.78, 5) is 8.65. The van der Waals surface area contributed by atoms with E-state index in [0.717, 1.165) is 5.56 Å². The highest BCUT2D eigenvalue weighted by molar-refractivity contribution is 6.36. The maximum absolute atomic E-state index is 13.8. The van der Waals surface area contributed by atoms with Gasteiger partial charge in [-0.3, -0.25) is 9.97 Å². The third-order valence-electron chi connectivity index (χ3n) is 6.12. The molecule has 0 unspecified atom stereocenters. The lowest BCUT2D eigenvalue weighted by Crippen LogP contribution is -2.13. The van der Waals surface area contributed by atoms with Crippen molar-refractivity contribution in [2.75, 3.05) is 30.5 Å². The predicted octanol–water partition coefficient (Wildman–Crippen LogP) is 5.49. The minimum atomic E-state index is -0.553. The fourth-order valence-electron chi connectivity index (χ4n) is 4.20. The first-order valence-corrected chi connectivity index (χ1v) is 13.2. The molecule has 0 aliphatic carbocycles. The van der Waals surface area contributed by atoms with Crippen molar-refractivity contribution in [3.05, 3.63) is 99.9 Å². The fraction of sp³-hybridized carbons (Fsp3) is 0.179. The predicted molar refractivity (Wildman–Crippen MR) is 154 cm³/mol. The zero-order valence-corrected chi connectivity index (χ0v) is 22.9. The number of nitrogens with one attached hydrogen (secondary N) is 2. The minimum absolute atomic E-state index is 0.0514. The Labute approximate surface area is 244 Å². The van der Waals surface area contributed by atoms with Crippen LogP contribution in [0.5, 0.6) is 0 Å². The second-order valence-electron chi connectivity index (χ2n) is 8.87. The zero-order chi connectivity index (χ0) is 28.8. The van der Waals surface area contributed by atoms with Gasteiger partial charge in [-0.05, 0) is 42.0 Å². The number of aliphatic hydroxyl groups is 1. The molecule has 0 fully saturated rings. The van der Waals surface area contributed by atoms with E-state index in [1.54, 1.807) is 29.3 Å². The van der Waals surface area contributed by atoms with Crippen LogP contribution >= 0.6 is 23.2 Å². The Bertz CT molecular complexity index is 1710. The normalized spacial score (nSPS) is 11.8. The number of benzene rings is 2. The highest BCUT2D eigenvalue weighted by atomic mass is 35.5. The number of aliphatic hydroxyl groups excluding tert-OH is 1. The number of rotatable bonds is 11. The molecule has 0 spiro atoms. The lowest BCUT2D eigenvalue weighted by Gasteiger charge is -2.19. The molecule has 208 valence electrons. The molecule has 1 atom stereocenters. The van der Waals surface area contributed by atoms with Gasteiger partial charge in [-0.25, -0.2) is 9.07 Å². The Morgan fingerprint density at radius 1 is 1.10 bits per heavy atom. The summed E-state index contributed by atoms with van der Waals surface area (Å²) in [6, 6.07) is 13.2. The zero-order valence-electron chi connectivity index (χ0n) is 21.4. The van der Waals surface area contributed by atoms with Crippen LogP contribution in [0.25, 0.3) is 10.9 Å². The number of anilines is 3. The molecule has 10 nitrogen and oxygen atoms in total. The average molecular weight is 593 g/mol. The molecule has 13 heteroatoms. The second kappa shape index (κ2) is 12.9. The number of ether oxygens (including phenoxy) is 1. The number of pyridine rings is 2. The molecule has 0 saturated heterocycles. The van der Waals surface area contributed by atoms with Gasteiger partial charge < -0.3 is 20.5 Å². The molecule has 3 heterocycles. The molecule has 0 amide bonds. The van der Waals surface area contributed by atoms with E-state index >= 15 is 0 Å². The lowest BCUT2D eigenvalue weighted by molar-refractivity contribution is 0.0851. The largest absolute Gasteiger partial charge is 0.394 e. The van der Waals surface area contributed by atoms with Gasteiger partial charge in [-0.2, -0.15) is 5.26 Å². The van der Waals surface area contributed by atoms with Crippen molar-refractivity contribution in [2.24, 2.45) is 0 Å². The van der Waals surface area contributed by atoms with E-state index in [0.29, 0.717) is 51.8 Å². The van der Waals surface area contributed by atoms with Crippen molar-refractivity contribution >= 4 is 51.2 Å². The summed E-state index contributed by atoms with van der Waals surface area (Å²) in [5.74, 6) is -0.553. The summed E-state index contributed by atoms with van der Waals surface area (Å²) in [5, 5.41) is 34.8. The molecule has 0 aliphatic rings. The first kappa shape index (κ1) is 28.2. The van der Waals surface area contributed by atoms with Gasteiger partial charge in [0.25, 0.3) is 0 Å². The monoisotopic (exact) mass is 592 g/mol. The van der Waals surface area contributed by atoms with Crippen LogP contribution in [-0.4, -0.2) is 49.9 Å². The first-order valence-electron chi connectivity index (χ1n) is 12.5. The van der Waals surface area contributed by atoms with E-state index in [-0.39, 0.29) is 23.8 Å². The van der Waals surface area contributed by atoms with E-state index < -0.39 is 11.9 Å². The molecule has 0 aliphatic heterocycles. The molecule has 0 bridgehead atoms. The van der Waals surface area contributed by atoms with Crippen LogP contribution < -0.4 is 10.6 Å². The number of aromatic nitrogens is 5. The maximum Gasteiger partial charge on any atom is 0.141 e.